The summed E-state index contributed by atoms with van der Waals surface area (Å²) in [5.41, 5.74) is 0.294. The first kappa shape index (κ1) is 10.5. The van der Waals surface area contributed by atoms with Crippen LogP contribution in [0.25, 0.3) is 10.8 Å². The molecule has 0 saturated carbocycles. The number of amides is 1. The lowest BCUT2D eigenvalue weighted by Gasteiger charge is -2.00. The second kappa shape index (κ2) is 4.24. The summed E-state index contributed by atoms with van der Waals surface area (Å²) >= 11 is 0. The van der Waals surface area contributed by atoms with Gasteiger partial charge in [0, 0.05) is 0 Å². The van der Waals surface area contributed by atoms with Crippen LogP contribution < -0.4 is 0 Å². The first-order chi connectivity index (χ1) is 7.68. The Balaban J connectivity index is 2.70. The molecule has 0 unspecified atom stereocenters. The highest BCUT2D eigenvalue weighted by Crippen LogP contribution is 2.18. The summed E-state index contributed by atoms with van der Waals surface area (Å²) in [6.45, 7) is 0. The Bertz CT molecular complexity index is 676. The van der Waals surface area contributed by atoms with Crippen molar-refractivity contribution in [2.45, 2.75) is 0 Å². The van der Waals surface area contributed by atoms with Crippen LogP contribution in [0, 0.1) is 0 Å². The lowest BCUT2D eigenvalue weighted by molar-refractivity contribution is 0.101. The van der Waals surface area contributed by atoms with E-state index in [4.69, 9.17) is 0 Å². The fourth-order valence-corrected chi connectivity index (χ4v) is 1.76. The van der Waals surface area contributed by atoms with Gasteiger partial charge in [-0.3, -0.25) is 4.79 Å². The van der Waals surface area contributed by atoms with Gasteiger partial charge in [0.25, 0.3) is 5.91 Å². The lowest BCUT2D eigenvalue weighted by Crippen LogP contribution is -1.95. The van der Waals surface area contributed by atoms with Gasteiger partial charge in [-0.15, -0.1) is 0 Å². The van der Waals surface area contributed by atoms with E-state index < -0.39 is 16.4 Å². The molecule has 0 fully saturated rings. The molecule has 0 spiro atoms. The van der Waals surface area contributed by atoms with Crippen molar-refractivity contribution >= 4 is 27.2 Å². The summed E-state index contributed by atoms with van der Waals surface area (Å²) in [5.74, 6) is -0.745. The SMILES string of the molecule is O=C(N=S(=O)=O)c1cccc2ccccc12. The number of rotatable bonds is 1. The zero-order valence-electron chi connectivity index (χ0n) is 8.12. The van der Waals surface area contributed by atoms with E-state index in [-0.39, 0.29) is 0 Å². The van der Waals surface area contributed by atoms with Gasteiger partial charge >= 0.3 is 10.5 Å². The Hall–Kier alpha value is -2.01. The van der Waals surface area contributed by atoms with Gasteiger partial charge in [-0.2, -0.15) is 8.42 Å². The van der Waals surface area contributed by atoms with Crippen LogP contribution in [-0.4, -0.2) is 14.3 Å². The van der Waals surface area contributed by atoms with Crippen LogP contribution in [0.3, 0.4) is 0 Å². The van der Waals surface area contributed by atoms with Crippen LogP contribution in [0.15, 0.2) is 46.8 Å². The smallest absolute Gasteiger partial charge is 0.266 e. The van der Waals surface area contributed by atoms with Crippen LogP contribution >= 0.6 is 0 Å². The Morgan fingerprint density at radius 2 is 1.69 bits per heavy atom. The number of carbonyl (C=O) groups is 1. The zero-order valence-corrected chi connectivity index (χ0v) is 8.94. The first-order valence-corrected chi connectivity index (χ1v) is 5.55. The molecule has 0 aliphatic rings. The maximum atomic E-state index is 11.5. The van der Waals surface area contributed by atoms with E-state index in [1.807, 2.05) is 18.2 Å². The van der Waals surface area contributed by atoms with Crippen molar-refractivity contribution in [3.63, 3.8) is 0 Å². The highest BCUT2D eigenvalue weighted by atomic mass is 32.2. The first-order valence-electron chi connectivity index (χ1n) is 4.52. The third kappa shape index (κ3) is 1.99. The van der Waals surface area contributed by atoms with Crippen LogP contribution in [0.4, 0.5) is 0 Å². The molecular formula is C11H7NO3S. The van der Waals surface area contributed by atoms with E-state index in [2.05, 4.69) is 4.36 Å². The van der Waals surface area contributed by atoms with Crippen molar-refractivity contribution in [2.75, 3.05) is 0 Å². The van der Waals surface area contributed by atoms with Crippen LogP contribution in [-0.2, 0) is 10.5 Å². The average molecular weight is 233 g/mol. The van der Waals surface area contributed by atoms with E-state index >= 15 is 0 Å². The summed E-state index contributed by atoms with van der Waals surface area (Å²) in [6, 6.07) is 12.3. The molecule has 0 radical (unpaired) electrons. The molecular weight excluding hydrogens is 226 g/mol. The van der Waals surface area contributed by atoms with Crippen molar-refractivity contribution in [3.05, 3.63) is 48.0 Å². The van der Waals surface area contributed by atoms with Crippen LogP contribution in [0.2, 0.25) is 0 Å². The highest BCUT2D eigenvalue weighted by Gasteiger charge is 2.08. The predicted octanol–water partition coefficient (Wildman–Crippen LogP) is 2.04. The van der Waals surface area contributed by atoms with Gasteiger partial charge in [-0.05, 0) is 16.8 Å². The maximum Gasteiger partial charge on any atom is 0.319 e. The van der Waals surface area contributed by atoms with Crippen molar-refractivity contribution in [3.8, 4) is 0 Å². The Morgan fingerprint density at radius 1 is 1.00 bits per heavy atom. The molecule has 16 heavy (non-hydrogen) atoms. The van der Waals surface area contributed by atoms with Crippen molar-refractivity contribution in [1.82, 2.24) is 0 Å². The molecule has 2 aromatic carbocycles. The van der Waals surface area contributed by atoms with Crippen LogP contribution in [0.5, 0.6) is 0 Å². The van der Waals surface area contributed by atoms with Gasteiger partial charge in [0.05, 0.1) is 5.56 Å². The van der Waals surface area contributed by atoms with Gasteiger partial charge in [0.1, 0.15) is 0 Å². The van der Waals surface area contributed by atoms with Crippen LogP contribution in [0.1, 0.15) is 10.4 Å². The summed E-state index contributed by atoms with van der Waals surface area (Å²) in [4.78, 5) is 11.5. The minimum Gasteiger partial charge on any atom is -0.266 e. The third-order valence-corrected chi connectivity index (χ3v) is 2.49. The third-order valence-electron chi connectivity index (χ3n) is 2.18. The number of benzene rings is 2. The molecule has 0 saturated heterocycles. The van der Waals surface area contributed by atoms with E-state index in [9.17, 15) is 13.2 Å². The molecule has 5 heteroatoms. The molecule has 2 aromatic rings. The number of hydrogen-bond donors (Lipinski definition) is 0. The van der Waals surface area contributed by atoms with E-state index in [1.165, 1.54) is 0 Å². The standard InChI is InChI=1S/C11H7NO3S/c13-11(12-16(14)15)10-7-3-5-8-4-1-2-6-9(8)10/h1-7H. The zero-order chi connectivity index (χ0) is 11.5. The Kier molecular flexibility index (Phi) is 2.78. The van der Waals surface area contributed by atoms with Gasteiger partial charge in [0.2, 0.25) is 0 Å². The lowest BCUT2D eigenvalue weighted by atomic mass is 10.0. The minimum atomic E-state index is -2.71. The predicted molar refractivity (Wildman–Crippen MR) is 59.6 cm³/mol. The molecule has 80 valence electrons. The molecule has 2 rings (SSSR count). The molecule has 0 aliphatic carbocycles. The second-order valence-corrected chi connectivity index (χ2v) is 3.76. The van der Waals surface area contributed by atoms with E-state index in [0.717, 1.165) is 5.39 Å². The van der Waals surface area contributed by atoms with E-state index in [1.54, 1.807) is 24.3 Å². The molecule has 0 N–H and O–H groups in total. The average Bonchev–Trinajstić information content (AvgIpc) is 2.27. The topological polar surface area (TPSA) is 63.6 Å². The maximum absolute atomic E-state index is 11.5. The van der Waals surface area contributed by atoms with Gasteiger partial charge in [0.15, 0.2) is 0 Å². The van der Waals surface area contributed by atoms with Gasteiger partial charge < -0.3 is 0 Å². The normalized spacial score (nSPS) is 10.0. The molecule has 0 heterocycles. The summed E-state index contributed by atoms with van der Waals surface area (Å²) < 4.78 is 23.6. The quantitative estimate of drug-likeness (QED) is 0.757. The molecule has 1 amide bonds. The van der Waals surface area contributed by atoms with Gasteiger partial charge in [-0.1, -0.05) is 40.8 Å². The van der Waals surface area contributed by atoms with E-state index in [0.29, 0.717) is 10.9 Å². The minimum absolute atomic E-state index is 0.294. The molecule has 0 aromatic heterocycles. The fraction of sp³-hybridized carbons (Fsp3) is 0. The van der Waals surface area contributed by atoms with Crippen molar-refractivity contribution < 1.29 is 13.2 Å². The number of nitrogens with zero attached hydrogens (tertiary/aromatic N) is 1. The van der Waals surface area contributed by atoms with Crippen molar-refractivity contribution in [1.29, 1.82) is 0 Å². The highest BCUT2D eigenvalue weighted by molar-refractivity contribution is 7.62. The second-order valence-electron chi connectivity index (χ2n) is 3.14. The molecule has 0 aliphatic heterocycles. The number of hydrogen-bond acceptors (Lipinski definition) is 3. The fourth-order valence-electron chi connectivity index (χ4n) is 1.53. The number of carbonyl (C=O) groups excluding carboxylic acids is 1. The summed E-state index contributed by atoms with van der Waals surface area (Å²) in [6.07, 6.45) is 0. The Labute approximate surface area is 93.2 Å². The molecule has 0 atom stereocenters. The molecule has 4 nitrogen and oxygen atoms in total. The van der Waals surface area contributed by atoms with Crippen molar-refractivity contribution in [2.24, 2.45) is 4.36 Å². The summed E-state index contributed by atoms with van der Waals surface area (Å²) in [7, 11) is -2.71. The monoisotopic (exact) mass is 233 g/mol. The largest absolute Gasteiger partial charge is 0.319 e. The summed E-state index contributed by atoms with van der Waals surface area (Å²) in [5, 5.41) is 1.57. The number of fused-ring (bicyclic) bond motifs is 1. The van der Waals surface area contributed by atoms with Gasteiger partial charge in [-0.25, -0.2) is 0 Å². The Morgan fingerprint density at radius 3 is 2.44 bits per heavy atom. The molecule has 0 bridgehead atoms.